The molecule has 5 nitrogen and oxygen atoms in total. The molecule has 0 bridgehead atoms. The lowest BCUT2D eigenvalue weighted by Crippen LogP contribution is -2.40. The van der Waals surface area contributed by atoms with E-state index < -0.39 is 23.3 Å². The number of nitrogens with one attached hydrogen (secondary N) is 1. The van der Waals surface area contributed by atoms with Crippen LogP contribution in [0.25, 0.3) is 0 Å². The van der Waals surface area contributed by atoms with Gasteiger partial charge in [-0.2, -0.15) is 18.3 Å². The van der Waals surface area contributed by atoms with Crippen LogP contribution in [0, 0.1) is 0 Å². The Balaban J connectivity index is 2.38. The Morgan fingerprint density at radius 3 is 2.37 bits per heavy atom. The molecule has 2 N–H and O–H groups in total. The number of H-pyrrole nitrogens is 1. The molecule has 1 aromatic rings. The average Bonchev–Trinajstić information content (AvgIpc) is 2.79. The number of hydrogen-bond donors (Lipinski definition) is 2. The van der Waals surface area contributed by atoms with Gasteiger partial charge in [0.15, 0.2) is 5.69 Å². The minimum atomic E-state index is -4.63. The van der Waals surface area contributed by atoms with Gasteiger partial charge in [0.1, 0.15) is 11.2 Å². The van der Waals surface area contributed by atoms with Crippen molar-refractivity contribution in [2.24, 2.45) is 0 Å². The molecule has 0 atom stereocenters. The van der Waals surface area contributed by atoms with Gasteiger partial charge in [-0.1, -0.05) is 0 Å². The maximum atomic E-state index is 12.5. The summed E-state index contributed by atoms with van der Waals surface area (Å²) in [5, 5.41) is 14.6. The smallest absolute Gasteiger partial charge is 0.435 e. The summed E-state index contributed by atoms with van der Waals surface area (Å²) in [4.78, 5) is 22.6. The number of hydrogen-bond acceptors (Lipinski definition) is 3. The minimum Gasteiger partial charge on any atom is -0.481 e. The van der Waals surface area contributed by atoms with Gasteiger partial charge < -0.3 is 5.11 Å². The molecule has 2 rings (SSSR count). The number of halogens is 3. The lowest BCUT2D eigenvalue weighted by atomic mass is 9.71. The molecule has 0 aliphatic heterocycles. The van der Waals surface area contributed by atoms with E-state index in [1.807, 2.05) is 0 Å². The molecule has 0 aromatic carbocycles. The van der Waals surface area contributed by atoms with Gasteiger partial charge in [-0.15, -0.1) is 0 Å². The van der Waals surface area contributed by atoms with Crippen molar-refractivity contribution >= 4 is 11.8 Å². The number of alkyl halides is 3. The zero-order valence-corrected chi connectivity index (χ0v) is 9.75. The number of carboxylic acid groups (broad SMARTS) is 1. The highest BCUT2D eigenvalue weighted by Crippen LogP contribution is 2.39. The van der Waals surface area contributed by atoms with Crippen LogP contribution in [0.1, 0.15) is 37.1 Å². The Morgan fingerprint density at radius 2 is 1.95 bits per heavy atom. The van der Waals surface area contributed by atoms with E-state index in [0.29, 0.717) is 6.07 Å². The Morgan fingerprint density at radius 1 is 1.37 bits per heavy atom. The van der Waals surface area contributed by atoms with Crippen LogP contribution in [0.5, 0.6) is 0 Å². The Labute approximate surface area is 105 Å². The van der Waals surface area contributed by atoms with Crippen LogP contribution in [0.4, 0.5) is 13.2 Å². The third kappa shape index (κ3) is 2.34. The Bertz CT molecular complexity index is 512. The standard InChI is InChI=1S/C11H11F3N2O3/c12-11(13,14)8-5-7(15-16-8)10(9(18)19)3-1-6(17)2-4-10/h5H,1-4H2,(H,15,16)(H,18,19). The summed E-state index contributed by atoms with van der Waals surface area (Å²) in [6.45, 7) is 0. The highest BCUT2D eigenvalue weighted by Gasteiger charge is 2.46. The lowest BCUT2D eigenvalue weighted by molar-refractivity contribution is -0.146. The molecule has 1 aliphatic carbocycles. The summed E-state index contributed by atoms with van der Waals surface area (Å²) in [5.41, 5.74) is -2.73. The molecular weight excluding hydrogens is 265 g/mol. The molecule has 1 heterocycles. The van der Waals surface area contributed by atoms with Crippen molar-refractivity contribution in [3.8, 4) is 0 Å². The molecule has 0 saturated heterocycles. The molecule has 1 aliphatic rings. The summed E-state index contributed by atoms with van der Waals surface area (Å²) in [7, 11) is 0. The largest absolute Gasteiger partial charge is 0.481 e. The van der Waals surface area contributed by atoms with Crippen molar-refractivity contribution in [3.63, 3.8) is 0 Å². The SMILES string of the molecule is O=C1CCC(C(=O)O)(c2cc(C(F)(F)F)n[nH]2)CC1. The summed E-state index contributed by atoms with van der Waals surface area (Å²) >= 11 is 0. The topological polar surface area (TPSA) is 83.1 Å². The molecular formula is C11H11F3N2O3. The molecule has 0 radical (unpaired) electrons. The fourth-order valence-electron chi connectivity index (χ4n) is 2.27. The first kappa shape index (κ1) is 13.6. The van der Waals surface area contributed by atoms with Gasteiger partial charge in [-0.25, -0.2) is 0 Å². The van der Waals surface area contributed by atoms with E-state index in [0.717, 1.165) is 0 Å². The number of aliphatic carboxylic acids is 1. The van der Waals surface area contributed by atoms with Crippen molar-refractivity contribution in [1.29, 1.82) is 0 Å². The zero-order chi connectivity index (χ0) is 14.3. The number of carbonyl (C=O) groups is 2. The number of carbonyl (C=O) groups excluding carboxylic acids is 1. The van der Waals surface area contributed by atoms with Crippen molar-refractivity contribution in [2.45, 2.75) is 37.3 Å². The van der Waals surface area contributed by atoms with Gasteiger partial charge in [0, 0.05) is 12.8 Å². The van der Waals surface area contributed by atoms with E-state index in [1.54, 1.807) is 0 Å². The molecule has 1 aromatic heterocycles. The third-order valence-corrected chi connectivity index (χ3v) is 3.45. The van der Waals surface area contributed by atoms with Crippen molar-refractivity contribution in [1.82, 2.24) is 10.2 Å². The second-order valence-electron chi connectivity index (χ2n) is 4.59. The highest BCUT2D eigenvalue weighted by atomic mass is 19.4. The molecule has 8 heteroatoms. The number of aromatic amines is 1. The number of Topliss-reactive ketones (excluding diaryl/α,β-unsaturated/α-hetero) is 1. The normalized spacial score (nSPS) is 19.4. The number of aromatic nitrogens is 2. The minimum absolute atomic E-state index is 0.0132. The van der Waals surface area contributed by atoms with E-state index >= 15 is 0 Å². The summed E-state index contributed by atoms with van der Waals surface area (Å²) in [6.07, 6.45) is -4.56. The number of rotatable bonds is 2. The van der Waals surface area contributed by atoms with E-state index in [2.05, 4.69) is 10.2 Å². The first-order valence-corrected chi connectivity index (χ1v) is 5.64. The van der Waals surface area contributed by atoms with Crippen molar-refractivity contribution < 1.29 is 27.9 Å². The summed E-state index contributed by atoms with van der Waals surface area (Å²) < 4.78 is 37.4. The zero-order valence-electron chi connectivity index (χ0n) is 9.75. The molecule has 19 heavy (non-hydrogen) atoms. The molecule has 1 fully saturated rings. The van der Waals surface area contributed by atoms with Crippen molar-refractivity contribution in [2.75, 3.05) is 0 Å². The molecule has 0 unspecified atom stereocenters. The van der Waals surface area contributed by atoms with Crippen LogP contribution in [-0.2, 0) is 21.2 Å². The van der Waals surface area contributed by atoms with E-state index in [4.69, 9.17) is 0 Å². The average molecular weight is 276 g/mol. The quantitative estimate of drug-likeness (QED) is 0.864. The van der Waals surface area contributed by atoms with Crippen LogP contribution in [0.3, 0.4) is 0 Å². The Hall–Kier alpha value is -1.86. The Kier molecular flexibility index (Phi) is 3.11. The monoisotopic (exact) mass is 276 g/mol. The highest BCUT2D eigenvalue weighted by molar-refractivity contribution is 5.87. The van der Waals surface area contributed by atoms with E-state index in [9.17, 15) is 27.9 Å². The second kappa shape index (κ2) is 4.36. The van der Waals surface area contributed by atoms with E-state index in [1.165, 1.54) is 0 Å². The van der Waals surface area contributed by atoms with Crippen molar-refractivity contribution in [3.05, 3.63) is 17.5 Å². The third-order valence-electron chi connectivity index (χ3n) is 3.45. The first-order valence-electron chi connectivity index (χ1n) is 5.64. The maximum absolute atomic E-state index is 12.5. The predicted molar refractivity (Wildman–Crippen MR) is 56.4 cm³/mol. The summed E-state index contributed by atoms with van der Waals surface area (Å²) in [6, 6.07) is 0.712. The van der Waals surface area contributed by atoms with Gasteiger partial charge in [-0.05, 0) is 18.9 Å². The van der Waals surface area contributed by atoms with Gasteiger partial charge >= 0.3 is 12.1 Å². The maximum Gasteiger partial charge on any atom is 0.435 e. The fraction of sp³-hybridized carbons (Fsp3) is 0.545. The molecule has 0 amide bonds. The summed E-state index contributed by atoms with van der Waals surface area (Å²) in [5.74, 6) is -1.31. The second-order valence-corrected chi connectivity index (χ2v) is 4.59. The van der Waals surface area contributed by atoms with Gasteiger partial charge in [0.2, 0.25) is 0 Å². The van der Waals surface area contributed by atoms with Crippen LogP contribution in [0.2, 0.25) is 0 Å². The van der Waals surface area contributed by atoms with Crippen LogP contribution >= 0.6 is 0 Å². The number of ketones is 1. The van der Waals surface area contributed by atoms with Gasteiger partial charge in [0.05, 0.1) is 5.69 Å². The van der Waals surface area contributed by atoms with Crippen LogP contribution < -0.4 is 0 Å². The number of nitrogens with zero attached hydrogens (tertiary/aromatic N) is 1. The lowest BCUT2D eigenvalue weighted by Gasteiger charge is -2.31. The van der Waals surface area contributed by atoms with Gasteiger partial charge in [0.25, 0.3) is 0 Å². The van der Waals surface area contributed by atoms with Crippen LogP contribution in [-0.4, -0.2) is 27.1 Å². The molecule has 0 spiro atoms. The van der Waals surface area contributed by atoms with Gasteiger partial charge in [-0.3, -0.25) is 14.7 Å². The van der Waals surface area contributed by atoms with E-state index in [-0.39, 0.29) is 37.2 Å². The molecule has 1 saturated carbocycles. The first-order chi connectivity index (χ1) is 8.75. The molecule has 104 valence electrons. The predicted octanol–water partition coefficient (Wildman–Crippen LogP) is 1.89. The fourth-order valence-corrected chi connectivity index (χ4v) is 2.27. The van der Waals surface area contributed by atoms with Crippen LogP contribution in [0.15, 0.2) is 6.07 Å². The number of carboxylic acids is 1.